The SMILES string of the molecule is CCCCCCCCCCCCCCCCC(C(=O)NCC)N1CCNC1. The van der Waals surface area contributed by atoms with Crippen molar-refractivity contribution in [3.05, 3.63) is 0 Å². The maximum Gasteiger partial charge on any atom is 0.237 e. The lowest BCUT2D eigenvalue weighted by atomic mass is 10.0. The first-order valence-corrected chi connectivity index (χ1v) is 12.0. The van der Waals surface area contributed by atoms with E-state index >= 15 is 0 Å². The maximum absolute atomic E-state index is 12.3. The third-order valence-electron chi connectivity index (χ3n) is 5.82. The van der Waals surface area contributed by atoms with Gasteiger partial charge in [0, 0.05) is 26.3 Å². The van der Waals surface area contributed by atoms with E-state index in [1.165, 1.54) is 89.9 Å². The van der Waals surface area contributed by atoms with E-state index < -0.39 is 0 Å². The maximum atomic E-state index is 12.3. The lowest BCUT2D eigenvalue weighted by Crippen LogP contribution is -2.46. The fraction of sp³-hybridized carbons (Fsp3) is 0.957. The summed E-state index contributed by atoms with van der Waals surface area (Å²) in [6.45, 7) is 7.89. The number of likely N-dealkylation sites (N-methyl/N-ethyl adjacent to an activating group) is 1. The number of rotatable bonds is 18. The number of carbonyl (C=O) groups excluding carboxylic acids is 1. The first kappa shape index (κ1) is 24.4. The summed E-state index contributed by atoms with van der Waals surface area (Å²) in [5.74, 6) is 0.218. The average Bonchev–Trinajstić information content (AvgIpc) is 3.19. The Morgan fingerprint density at radius 2 is 1.37 bits per heavy atom. The van der Waals surface area contributed by atoms with Crippen LogP contribution in [0.1, 0.15) is 110 Å². The van der Waals surface area contributed by atoms with Crippen LogP contribution >= 0.6 is 0 Å². The first-order chi connectivity index (χ1) is 13.3. The summed E-state index contributed by atoms with van der Waals surface area (Å²) in [6, 6.07) is 0.0669. The second-order valence-corrected chi connectivity index (χ2v) is 8.27. The van der Waals surface area contributed by atoms with Crippen LogP contribution in [0.4, 0.5) is 0 Å². The van der Waals surface area contributed by atoms with Crippen molar-refractivity contribution in [2.24, 2.45) is 0 Å². The third-order valence-corrected chi connectivity index (χ3v) is 5.82. The highest BCUT2D eigenvalue weighted by Gasteiger charge is 2.26. The molecule has 1 rings (SSSR count). The number of hydrogen-bond acceptors (Lipinski definition) is 3. The van der Waals surface area contributed by atoms with Crippen molar-refractivity contribution < 1.29 is 4.79 Å². The van der Waals surface area contributed by atoms with E-state index in [9.17, 15) is 4.79 Å². The van der Waals surface area contributed by atoms with E-state index in [1.807, 2.05) is 6.92 Å². The molecule has 1 fully saturated rings. The van der Waals surface area contributed by atoms with Gasteiger partial charge in [0.1, 0.15) is 0 Å². The summed E-state index contributed by atoms with van der Waals surface area (Å²) < 4.78 is 0. The molecule has 1 aliphatic heterocycles. The molecule has 1 atom stereocenters. The molecule has 1 aliphatic rings. The Bertz CT molecular complexity index is 343. The van der Waals surface area contributed by atoms with Crippen LogP contribution in [-0.4, -0.2) is 43.2 Å². The highest BCUT2D eigenvalue weighted by atomic mass is 16.2. The van der Waals surface area contributed by atoms with Gasteiger partial charge < -0.3 is 10.6 Å². The minimum atomic E-state index is 0.0669. The Hall–Kier alpha value is -0.610. The van der Waals surface area contributed by atoms with Gasteiger partial charge in [-0.15, -0.1) is 0 Å². The number of carbonyl (C=O) groups is 1. The molecule has 0 aliphatic carbocycles. The highest BCUT2D eigenvalue weighted by Crippen LogP contribution is 2.15. The van der Waals surface area contributed by atoms with Gasteiger partial charge >= 0.3 is 0 Å². The second kappa shape index (κ2) is 17.5. The molecule has 0 radical (unpaired) electrons. The monoisotopic (exact) mass is 381 g/mol. The van der Waals surface area contributed by atoms with Crippen molar-refractivity contribution in [2.45, 2.75) is 116 Å². The Morgan fingerprint density at radius 1 is 0.852 bits per heavy atom. The molecular formula is C23H47N3O. The molecule has 0 spiro atoms. The lowest BCUT2D eigenvalue weighted by Gasteiger charge is -2.25. The molecule has 0 bridgehead atoms. The first-order valence-electron chi connectivity index (χ1n) is 12.0. The second-order valence-electron chi connectivity index (χ2n) is 8.27. The van der Waals surface area contributed by atoms with Crippen LogP contribution < -0.4 is 10.6 Å². The van der Waals surface area contributed by atoms with Gasteiger partial charge in [-0.25, -0.2) is 0 Å². The van der Waals surface area contributed by atoms with Crippen LogP contribution in [-0.2, 0) is 4.79 Å². The van der Waals surface area contributed by atoms with Crippen LogP contribution in [0.25, 0.3) is 0 Å². The molecule has 27 heavy (non-hydrogen) atoms. The van der Waals surface area contributed by atoms with Crippen molar-refractivity contribution in [3.63, 3.8) is 0 Å². The minimum Gasteiger partial charge on any atom is -0.355 e. The van der Waals surface area contributed by atoms with Gasteiger partial charge in [0.05, 0.1) is 6.04 Å². The topological polar surface area (TPSA) is 44.4 Å². The number of hydrogen-bond donors (Lipinski definition) is 2. The van der Waals surface area contributed by atoms with E-state index in [0.717, 1.165) is 32.7 Å². The van der Waals surface area contributed by atoms with Crippen molar-refractivity contribution in [1.29, 1.82) is 0 Å². The standard InChI is InChI=1S/C23H47N3O/c1-3-5-6-7-8-9-10-11-12-13-14-15-16-17-18-22(23(27)25-4-2)26-20-19-24-21-26/h22,24H,3-21H2,1-2H3,(H,25,27). The van der Waals surface area contributed by atoms with E-state index in [1.54, 1.807) is 0 Å². The van der Waals surface area contributed by atoms with Gasteiger partial charge in [0.25, 0.3) is 0 Å². The zero-order valence-electron chi connectivity index (χ0n) is 18.4. The number of amides is 1. The van der Waals surface area contributed by atoms with Gasteiger partial charge in [-0.3, -0.25) is 9.69 Å². The Morgan fingerprint density at radius 3 is 1.81 bits per heavy atom. The van der Waals surface area contributed by atoms with E-state index in [-0.39, 0.29) is 11.9 Å². The Balaban J connectivity index is 1.93. The summed E-state index contributed by atoms with van der Waals surface area (Å²) in [7, 11) is 0. The summed E-state index contributed by atoms with van der Waals surface area (Å²) in [4.78, 5) is 14.6. The van der Waals surface area contributed by atoms with E-state index in [4.69, 9.17) is 0 Å². The van der Waals surface area contributed by atoms with Crippen LogP contribution in [0.2, 0.25) is 0 Å². The Kier molecular flexibility index (Phi) is 15.8. The van der Waals surface area contributed by atoms with Crippen LogP contribution in [0.15, 0.2) is 0 Å². The average molecular weight is 382 g/mol. The molecule has 1 amide bonds. The number of nitrogens with one attached hydrogen (secondary N) is 2. The molecule has 1 heterocycles. The predicted octanol–water partition coefficient (Wildman–Crippen LogP) is 5.23. The number of unbranched alkanes of at least 4 members (excludes halogenated alkanes) is 13. The van der Waals surface area contributed by atoms with Crippen LogP contribution in [0.3, 0.4) is 0 Å². The smallest absolute Gasteiger partial charge is 0.237 e. The molecule has 4 nitrogen and oxygen atoms in total. The van der Waals surface area contributed by atoms with E-state index in [0.29, 0.717) is 0 Å². The quantitative estimate of drug-likeness (QED) is 0.320. The van der Waals surface area contributed by atoms with Crippen molar-refractivity contribution in [3.8, 4) is 0 Å². The fourth-order valence-electron chi connectivity index (χ4n) is 4.09. The fourth-order valence-corrected chi connectivity index (χ4v) is 4.09. The van der Waals surface area contributed by atoms with Crippen molar-refractivity contribution in [1.82, 2.24) is 15.5 Å². The molecule has 0 aromatic carbocycles. The van der Waals surface area contributed by atoms with Crippen molar-refractivity contribution in [2.75, 3.05) is 26.3 Å². The molecule has 1 unspecified atom stereocenters. The lowest BCUT2D eigenvalue weighted by molar-refractivity contribution is -0.126. The normalized spacial score (nSPS) is 15.9. The summed E-state index contributed by atoms with van der Waals surface area (Å²) in [5.41, 5.74) is 0. The largest absolute Gasteiger partial charge is 0.355 e. The molecule has 0 saturated carbocycles. The van der Waals surface area contributed by atoms with Gasteiger partial charge in [-0.1, -0.05) is 96.8 Å². The zero-order chi connectivity index (χ0) is 19.6. The highest BCUT2D eigenvalue weighted by molar-refractivity contribution is 5.81. The van der Waals surface area contributed by atoms with Gasteiger partial charge in [0.2, 0.25) is 5.91 Å². The van der Waals surface area contributed by atoms with Gasteiger partial charge in [-0.2, -0.15) is 0 Å². The predicted molar refractivity (Wildman–Crippen MR) is 117 cm³/mol. The minimum absolute atomic E-state index is 0.0669. The molecule has 160 valence electrons. The van der Waals surface area contributed by atoms with Crippen LogP contribution in [0.5, 0.6) is 0 Å². The summed E-state index contributed by atoms with van der Waals surface area (Å²) in [6.07, 6.45) is 20.4. The molecule has 0 aromatic heterocycles. The molecular weight excluding hydrogens is 334 g/mol. The number of nitrogens with zero attached hydrogens (tertiary/aromatic N) is 1. The molecule has 0 aromatic rings. The zero-order valence-corrected chi connectivity index (χ0v) is 18.4. The molecule has 2 N–H and O–H groups in total. The molecule has 1 saturated heterocycles. The third kappa shape index (κ3) is 12.5. The summed E-state index contributed by atoms with van der Waals surface area (Å²) >= 11 is 0. The van der Waals surface area contributed by atoms with Gasteiger partial charge in [0.15, 0.2) is 0 Å². The van der Waals surface area contributed by atoms with Gasteiger partial charge in [-0.05, 0) is 13.3 Å². The van der Waals surface area contributed by atoms with E-state index in [2.05, 4.69) is 22.5 Å². The molecule has 4 heteroatoms. The van der Waals surface area contributed by atoms with Crippen LogP contribution in [0, 0.1) is 0 Å². The summed E-state index contributed by atoms with van der Waals surface area (Å²) in [5, 5.41) is 6.36. The Labute approximate surface area is 169 Å². The van der Waals surface area contributed by atoms with Crippen molar-refractivity contribution >= 4 is 5.91 Å².